The zero-order valence-corrected chi connectivity index (χ0v) is 11.3. The predicted octanol–water partition coefficient (Wildman–Crippen LogP) is 3.67. The number of anilines is 2. The highest BCUT2D eigenvalue weighted by atomic mass is 35.5. The summed E-state index contributed by atoms with van der Waals surface area (Å²) in [6.45, 7) is 0. The number of carbonyl (C=O) groups is 1. The first-order valence-corrected chi connectivity index (χ1v) is 6.79. The molecular formula is C16H11ClN2O. The van der Waals surface area contributed by atoms with E-state index < -0.39 is 0 Å². The number of fused-ring (bicyclic) bond motifs is 2. The lowest BCUT2D eigenvalue weighted by Crippen LogP contribution is -2.08. The molecule has 2 aliphatic heterocycles. The topological polar surface area (TPSA) is 41.1 Å². The molecule has 4 rings (SSSR count). The maximum absolute atomic E-state index is 12.2. The number of halogens is 1. The molecule has 98 valence electrons. The fraction of sp³-hybridized carbons (Fsp3) is 0.0625. The number of nitrogens with one attached hydrogen (secondary N) is 2. The van der Waals surface area contributed by atoms with Crippen LogP contribution in [0.25, 0.3) is 5.57 Å². The predicted molar refractivity (Wildman–Crippen MR) is 80.8 cm³/mol. The van der Waals surface area contributed by atoms with Crippen LogP contribution in [0.4, 0.5) is 11.4 Å². The van der Waals surface area contributed by atoms with Crippen molar-refractivity contribution in [2.45, 2.75) is 6.42 Å². The van der Waals surface area contributed by atoms with Crippen molar-refractivity contribution >= 4 is 34.5 Å². The molecule has 2 heterocycles. The van der Waals surface area contributed by atoms with E-state index >= 15 is 0 Å². The van der Waals surface area contributed by atoms with Gasteiger partial charge in [-0.3, -0.25) is 4.79 Å². The van der Waals surface area contributed by atoms with Gasteiger partial charge in [-0.25, -0.2) is 0 Å². The van der Waals surface area contributed by atoms with Crippen LogP contribution in [0.3, 0.4) is 0 Å². The third-order valence-corrected chi connectivity index (χ3v) is 3.93. The van der Waals surface area contributed by atoms with E-state index in [1.54, 1.807) is 6.07 Å². The first-order chi connectivity index (χ1) is 9.72. The van der Waals surface area contributed by atoms with Crippen LogP contribution in [-0.2, 0) is 11.2 Å². The molecule has 0 saturated carbocycles. The molecule has 0 bridgehead atoms. The second kappa shape index (κ2) is 4.12. The maximum Gasteiger partial charge on any atom is 0.258 e. The molecule has 4 heteroatoms. The maximum atomic E-state index is 12.2. The largest absolute Gasteiger partial charge is 0.358 e. The van der Waals surface area contributed by atoms with E-state index in [0.29, 0.717) is 10.6 Å². The van der Waals surface area contributed by atoms with Gasteiger partial charge < -0.3 is 10.6 Å². The van der Waals surface area contributed by atoms with Crippen molar-refractivity contribution in [1.29, 1.82) is 0 Å². The summed E-state index contributed by atoms with van der Waals surface area (Å²) in [6.07, 6.45) is 0.741. The van der Waals surface area contributed by atoms with Crippen LogP contribution in [-0.4, -0.2) is 5.91 Å². The molecule has 0 aromatic heterocycles. The molecule has 20 heavy (non-hydrogen) atoms. The average Bonchev–Trinajstić information content (AvgIpc) is 2.97. The van der Waals surface area contributed by atoms with Crippen LogP contribution in [0.1, 0.15) is 11.1 Å². The Labute approximate surface area is 121 Å². The highest BCUT2D eigenvalue weighted by molar-refractivity contribution is 6.35. The zero-order chi connectivity index (χ0) is 13.7. The number of amides is 1. The Balaban J connectivity index is 1.87. The molecule has 0 aliphatic carbocycles. The number of hydrogen-bond acceptors (Lipinski definition) is 2. The summed E-state index contributed by atoms with van der Waals surface area (Å²) in [6, 6.07) is 13.5. The lowest BCUT2D eigenvalue weighted by atomic mass is 10.0. The molecule has 0 unspecified atom stereocenters. The monoisotopic (exact) mass is 282 g/mol. The number of rotatable bonds is 0. The Hall–Kier alpha value is -2.26. The fourth-order valence-electron chi connectivity index (χ4n) is 2.78. The van der Waals surface area contributed by atoms with Gasteiger partial charge in [-0.2, -0.15) is 0 Å². The first kappa shape index (κ1) is 11.6. The van der Waals surface area contributed by atoms with Crippen LogP contribution in [0.2, 0.25) is 5.02 Å². The molecule has 0 atom stereocenters. The van der Waals surface area contributed by atoms with Crippen molar-refractivity contribution in [2.24, 2.45) is 0 Å². The Bertz CT molecular complexity index is 753. The average molecular weight is 283 g/mol. The summed E-state index contributed by atoms with van der Waals surface area (Å²) in [5.74, 6) is -0.0717. The summed E-state index contributed by atoms with van der Waals surface area (Å²) < 4.78 is 0. The molecule has 2 aromatic carbocycles. The standard InChI is InChI=1S/C16H11ClN2O/c17-10-5-6-13-11(8-10)15(16(20)19-13)14-7-9-3-1-2-4-12(9)18-14/h1-6,8,18H,7H2,(H,19,20). The highest BCUT2D eigenvalue weighted by Gasteiger charge is 2.30. The van der Waals surface area contributed by atoms with Crippen LogP contribution in [0.15, 0.2) is 48.2 Å². The van der Waals surface area contributed by atoms with Crippen molar-refractivity contribution in [3.63, 3.8) is 0 Å². The zero-order valence-electron chi connectivity index (χ0n) is 10.5. The van der Waals surface area contributed by atoms with Gasteiger partial charge in [-0.15, -0.1) is 0 Å². The summed E-state index contributed by atoms with van der Waals surface area (Å²) in [7, 11) is 0. The summed E-state index contributed by atoms with van der Waals surface area (Å²) >= 11 is 6.05. The smallest absolute Gasteiger partial charge is 0.258 e. The van der Waals surface area contributed by atoms with Crippen molar-refractivity contribution < 1.29 is 4.79 Å². The van der Waals surface area contributed by atoms with Crippen LogP contribution < -0.4 is 10.6 Å². The van der Waals surface area contributed by atoms with E-state index in [4.69, 9.17) is 11.6 Å². The van der Waals surface area contributed by atoms with Crippen LogP contribution >= 0.6 is 11.6 Å². The number of para-hydroxylation sites is 1. The van der Waals surface area contributed by atoms with E-state index in [9.17, 15) is 4.79 Å². The van der Waals surface area contributed by atoms with Gasteiger partial charge in [0.15, 0.2) is 0 Å². The van der Waals surface area contributed by atoms with Gasteiger partial charge in [-0.05, 0) is 29.8 Å². The Morgan fingerprint density at radius 2 is 1.85 bits per heavy atom. The normalized spacial score (nSPS) is 19.4. The quantitative estimate of drug-likeness (QED) is 0.724. The molecule has 0 saturated heterocycles. The Morgan fingerprint density at radius 1 is 1.00 bits per heavy atom. The molecule has 0 spiro atoms. The third kappa shape index (κ3) is 1.63. The molecule has 1 amide bonds. The van der Waals surface area contributed by atoms with E-state index in [1.807, 2.05) is 30.3 Å². The van der Waals surface area contributed by atoms with Crippen molar-refractivity contribution in [1.82, 2.24) is 0 Å². The molecule has 2 N–H and O–H groups in total. The number of allylic oxidation sites excluding steroid dienone is 1. The molecule has 3 nitrogen and oxygen atoms in total. The van der Waals surface area contributed by atoms with E-state index in [-0.39, 0.29) is 5.91 Å². The number of hydrogen-bond donors (Lipinski definition) is 2. The van der Waals surface area contributed by atoms with E-state index in [1.165, 1.54) is 5.56 Å². The second-order valence-electron chi connectivity index (χ2n) is 4.96. The Morgan fingerprint density at radius 3 is 2.70 bits per heavy atom. The van der Waals surface area contributed by atoms with Gasteiger partial charge in [0.05, 0.1) is 5.57 Å². The summed E-state index contributed by atoms with van der Waals surface area (Å²) in [5, 5.41) is 6.86. The number of benzene rings is 2. The lowest BCUT2D eigenvalue weighted by Gasteiger charge is -2.05. The summed E-state index contributed by atoms with van der Waals surface area (Å²) in [5.41, 5.74) is 5.59. The minimum atomic E-state index is -0.0717. The molecular weight excluding hydrogens is 272 g/mol. The van der Waals surface area contributed by atoms with Gasteiger partial charge in [0.1, 0.15) is 0 Å². The second-order valence-corrected chi connectivity index (χ2v) is 5.39. The Kier molecular flexibility index (Phi) is 2.38. The molecule has 2 aliphatic rings. The van der Waals surface area contributed by atoms with Gasteiger partial charge in [0.25, 0.3) is 5.91 Å². The van der Waals surface area contributed by atoms with Crippen molar-refractivity contribution in [3.8, 4) is 0 Å². The highest BCUT2D eigenvalue weighted by Crippen LogP contribution is 2.39. The first-order valence-electron chi connectivity index (χ1n) is 6.42. The summed E-state index contributed by atoms with van der Waals surface area (Å²) in [4.78, 5) is 12.2. The molecule has 0 radical (unpaired) electrons. The van der Waals surface area contributed by atoms with Crippen LogP contribution in [0.5, 0.6) is 0 Å². The van der Waals surface area contributed by atoms with Gasteiger partial charge in [0, 0.05) is 34.1 Å². The minimum Gasteiger partial charge on any atom is -0.358 e. The number of carbonyl (C=O) groups excluding carboxylic acids is 1. The third-order valence-electron chi connectivity index (χ3n) is 3.70. The van der Waals surface area contributed by atoms with Gasteiger partial charge >= 0.3 is 0 Å². The van der Waals surface area contributed by atoms with Crippen molar-refractivity contribution in [2.75, 3.05) is 10.6 Å². The van der Waals surface area contributed by atoms with Gasteiger partial charge in [-0.1, -0.05) is 29.8 Å². The lowest BCUT2D eigenvalue weighted by molar-refractivity contribution is -0.110. The minimum absolute atomic E-state index is 0.0717. The fourth-order valence-corrected chi connectivity index (χ4v) is 2.96. The SMILES string of the molecule is O=C1Nc2ccc(Cl)cc2C1=C1Cc2ccccc2N1. The van der Waals surface area contributed by atoms with E-state index in [0.717, 1.165) is 29.1 Å². The van der Waals surface area contributed by atoms with Gasteiger partial charge in [0.2, 0.25) is 0 Å². The molecule has 0 fully saturated rings. The van der Waals surface area contributed by atoms with E-state index in [2.05, 4.69) is 16.7 Å². The van der Waals surface area contributed by atoms with Crippen molar-refractivity contribution in [3.05, 3.63) is 64.3 Å². The van der Waals surface area contributed by atoms with Crippen LogP contribution in [0, 0.1) is 0 Å². The molecule has 2 aromatic rings.